The summed E-state index contributed by atoms with van der Waals surface area (Å²) in [5, 5.41) is 18.3. The van der Waals surface area contributed by atoms with E-state index in [-0.39, 0.29) is 11.0 Å². The van der Waals surface area contributed by atoms with E-state index in [0.717, 1.165) is 5.56 Å². The van der Waals surface area contributed by atoms with E-state index >= 15 is 0 Å². The predicted octanol–water partition coefficient (Wildman–Crippen LogP) is 1.17. The largest absolute Gasteiger partial charge is 0.491 e. The van der Waals surface area contributed by atoms with Gasteiger partial charge in [-0.25, -0.2) is 4.39 Å². The highest BCUT2D eigenvalue weighted by atomic mass is 19.1. The van der Waals surface area contributed by atoms with Gasteiger partial charge < -0.3 is 14.9 Å². The number of benzene rings is 2. The molecule has 0 aliphatic heterocycles. The smallest absolute Gasteiger partial charge is 0.423 e. The molecule has 0 aliphatic rings. The molecular weight excluding hydrogens is 284 g/mol. The quantitative estimate of drug-likeness (QED) is 0.815. The molecule has 0 spiro atoms. The number of hydrogen-bond donors (Lipinski definition) is 2. The van der Waals surface area contributed by atoms with E-state index in [1.165, 1.54) is 23.1 Å². The molecule has 1 amide bonds. The summed E-state index contributed by atoms with van der Waals surface area (Å²) in [5.41, 5.74) is 0.474. The van der Waals surface area contributed by atoms with E-state index in [4.69, 9.17) is 10.0 Å². The molecule has 114 valence electrons. The number of hydrogen-bond acceptors (Lipinski definition) is 3. The highest BCUT2D eigenvalue weighted by Gasteiger charge is 2.24. The molecule has 22 heavy (non-hydrogen) atoms. The Bertz CT molecular complexity index is 649. The fourth-order valence-corrected chi connectivity index (χ4v) is 2.22. The van der Waals surface area contributed by atoms with Gasteiger partial charge in [-0.05, 0) is 18.6 Å². The van der Waals surface area contributed by atoms with Gasteiger partial charge in [0.15, 0.2) is 0 Å². The van der Waals surface area contributed by atoms with Crippen molar-refractivity contribution in [2.45, 2.75) is 13.5 Å². The lowest BCUT2D eigenvalue weighted by molar-refractivity contribution is 0.0748. The third kappa shape index (κ3) is 3.53. The van der Waals surface area contributed by atoms with Crippen molar-refractivity contribution in [1.82, 2.24) is 4.90 Å². The lowest BCUT2D eigenvalue weighted by Crippen LogP contribution is -2.37. The van der Waals surface area contributed by atoms with Crippen LogP contribution in [0.25, 0.3) is 0 Å². The summed E-state index contributed by atoms with van der Waals surface area (Å²) in [6.45, 7) is 2.59. The van der Waals surface area contributed by atoms with Crippen LogP contribution in [0.3, 0.4) is 0 Å². The van der Waals surface area contributed by atoms with Crippen molar-refractivity contribution in [2.24, 2.45) is 0 Å². The van der Waals surface area contributed by atoms with Crippen LogP contribution < -0.4 is 5.46 Å². The summed E-state index contributed by atoms with van der Waals surface area (Å²) in [6.07, 6.45) is 0. The van der Waals surface area contributed by atoms with Crippen LogP contribution in [0.1, 0.15) is 22.8 Å². The monoisotopic (exact) mass is 301 g/mol. The maximum Gasteiger partial charge on any atom is 0.491 e. The molecule has 2 N–H and O–H groups in total. The number of carbonyl (C=O) groups is 1. The van der Waals surface area contributed by atoms with Gasteiger partial charge in [0.1, 0.15) is 5.82 Å². The first-order valence-electron chi connectivity index (χ1n) is 7.02. The minimum absolute atomic E-state index is 0.164. The van der Waals surface area contributed by atoms with Gasteiger partial charge in [0.25, 0.3) is 5.91 Å². The zero-order valence-corrected chi connectivity index (χ0v) is 12.2. The van der Waals surface area contributed by atoms with Crippen molar-refractivity contribution < 1.29 is 19.2 Å². The second kappa shape index (κ2) is 7.20. The van der Waals surface area contributed by atoms with Crippen molar-refractivity contribution in [2.75, 3.05) is 6.54 Å². The summed E-state index contributed by atoms with van der Waals surface area (Å²) in [7, 11) is -1.95. The van der Waals surface area contributed by atoms with Crippen LogP contribution in [-0.2, 0) is 6.54 Å². The molecule has 2 rings (SSSR count). The first-order valence-corrected chi connectivity index (χ1v) is 7.02. The molecule has 0 bridgehead atoms. The highest BCUT2D eigenvalue weighted by molar-refractivity contribution is 6.58. The molecule has 2 aromatic carbocycles. The van der Waals surface area contributed by atoms with E-state index in [1.807, 2.05) is 37.3 Å². The van der Waals surface area contributed by atoms with E-state index in [2.05, 4.69) is 0 Å². The Labute approximate surface area is 129 Å². The topological polar surface area (TPSA) is 60.8 Å². The third-order valence-corrected chi connectivity index (χ3v) is 3.42. The number of amides is 1. The van der Waals surface area contributed by atoms with Gasteiger partial charge in [0, 0.05) is 18.6 Å². The standard InChI is InChI=1S/C16H17BFNO3/c1-2-19(11-12-7-4-3-5-8-12)16(20)13-9-6-10-14(15(13)18)17(21)22/h3-10,21-22H,2,11H2,1H3. The normalized spacial score (nSPS) is 10.4. The fourth-order valence-electron chi connectivity index (χ4n) is 2.22. The Kier molecular flexibility index (Phi) is 5.30. The van der Waals surface area contributed by atoms with E-state index in [1.54, 1.807) is 0 Å². The molecular formula is C16H17BFNO3. The van der Waals surface area contributed by atoms with E-state index < -0.39 is 18.8 Å². The Morgan fingerprint density at radius 1 is 1.14 bits per heavy atom. The lowest BCUT2D eigenvalue weighted by Gasteiger charge is -2.22. The van der Waals surface area contributed by atoms with Gasteiger partial charge in [-0.1, -0.05) is 42.5 Å². The predicted molar refractivity (Wildman–Crippen MR) is 83.1 cm³/mol. The van der Waals surface area contributed by atoms with Crippen molar-refractivity contribution >= 4 is 18.5 Å². The van der Waals surface area contributed by atoms with Crippen LogP contribution >= 0.6 is 0 Å². The Morgan fingerprint density at radius 3 is 2.41 bits per heavy atom. The van der Waals surface area contributed by atoms with Crippen molar-refractivity contribution in [3.63, 3.8) is 0 Å². The summed E-state index contributed by atoms with van der Waals surface area (Å²) >= 11 is 0. The van der Waals surface area contributed by atoms with E-state index in [0.29, 0.717) is 13.1 Å². The molecule has 0 radical (unpaired) electrons. The zero-order valence-electron chi connectivity index (χ0n) is 12.2. The molecule has 0 aromatic heterocycles. The average molecular weight is 301 g/mol. The minimum Gasteiger partial charge on any atom is -0.423 e. The average Bonchev–Trinajstić information content (AvgIpc) is 2.53. The van der Waals surface area contributed by atoms with Crippen LogP contribution in [0.2, 0.25) is 0 Å². The molecule has 2 aromatic rings. The molecule has 4 nitrogen and oxygen atoms in total. The van der Waals surface area contributed by atoms with Gasteiger partial charge in [-0.15, -0.1) is 0 Å². The minimum atomic E-state index is -1.95. The fraction of sp³-hybridized carbons (Fsp3) is 0.188. The molecule has 6 heteroatoms. The second-order valence-electron chi connectivity index (χ2n) is 4.89. The van der Waals surface area contributed by atoms with Crippen LogP contribution in [-0.4, -0.2) is 34.5 Å². The number of carbonyl (C=O) groups excluding carboxylic acids is 1. The lowest BCUT2D eigenvalue weighted by atomic mass is 9.79. The summed E-state index contributed by atoms with van der Waals surface area (Å²) in [6, 6.07) is 13.4. The molecule has 0 saturated carbocycles. The maximum absolute atomic E-state index is 14.2. The first kappa shape index (κ1) is 16.2. The van der Waals surface area contributed by atoms with Gasteiger partial charge >= 0.3 is 7.12 Å². The molecule has 0 saturated heterocycles. The van der Waals surface area contributed by atoms with Gasteiger partial charge in [0.05, 0.1) is 5.56 Å². The first-order chi connectivity index (χ1) is 10.5. The summed E-state index contributed by atoms with van der Waals surface area (Å²) in [4.78, 5) is 14.0. The van der Waals surface area contributed by atoms with E-state index in [9.17, 15) is 9.18 Å². The maximum atomic E-state index is 14.2. The number of nitrogens with zero attached hydrogens (tertiary/aromatic N) is 1. The Morgan fingerprint density at radius 2 is 1.82 bits per heavy atom. The van der Waals surface area contributed by atoms with Crippen LogP contribution in [0.4, 0.5) is 4.39 Å². The van der Waals surface area contributed by atoms with Crippen LogP contribution in [0.5, 0.6) is 0 Å². The number of rotatable bonds is 5. The van der Waals surface area contributed by atoms with Gasteiger partial charge in [-0.3, -0.25) is 4.79 Å². The van der Waals surface area contributed by atoms with Gasteiger partial charge in [0.2, 0.25) is 0 Å². The van der Waals surface area contributed by atoms with Crippen molar-refractivity contribution in [1.29, 1.82) is 0 Å². The molecule has 0 aliphatic carbocycles. The van der Waals surface area contributed by atoms with Crippen LogP contribution in [0.15, 0.2) is 48.5 Å². The van der Waals surface area contributed by atoms with Crippen molar-refractivity contribution in [3.8, 4) is 0 Å². The van der Waals surface area contributed by atoms with Crippen LogP contribution in [0, 0.1) is 5.82 Å². The second-order valence-corrected chi connectivity index (χ2v) is 4.89. The summed E-state index contributed by atoms with van der Waals surface area (Å²) in [5.74, 6) is -1.37. The summed E-state index contributed by atoms with van der Waals surface area (Å²) < 4.78 is 14.2. The van der Waals surface area contributed by atoms with Gasteiger partial charge in [-0.2, -0.15) is 0 Å². The highest BCUT2D eigenvalue weighted by Crippen LogP contribution is 2.12. The Balaban J connectivity index is 2.27. The molecule has 0 atom stereocenters. The molecule has 0 unspecified atom stereocenters. The number of halogens is 1. The zero-order chi connectivity index (χ0) is 16.1. The van der Waals surface area contributed by atoms with Crippen molar-refractivity contribution in [3.05, 3.63) is 65.5 Å². The molecule has 0 heterocycles. The molecule has 0 fully saturated rings. The Hall–Kier alpha value is -2.18. The SMILES string of the molecule is CCN(Cc1ccccc1)C(=O)c1cccc(B(O)O)c1F. The third-order valence-electron chi connectivity index (χ3n) is 3.42.